The lowest BCUT2D eigenvalue weighted by Gasteiger charge is -2.19. The van der Waals surface area contributed by atoms with Gasteiger partial charge in [-0.05, 0) is 42.8 Å². The fourth-order valence-corrected chi connectivity index (χ4v) is 3.05. The second-order valence-corrected chi connectivity index (χ2v) is 8.31. The first-order chi connectivity index (χ1) is 13.7. The molecule has 0 saturated carbocycles. The fraction of sp³-hybridized carbons (Fsp3) is 0.350. The molecule has 2 rings (SSSR count). The Morgan fingerprint density at radius 1 is 1.07 bits per heavy atom. The van der Waals surface area contributed by atoms with E-state index < -0.39 is 16.1 Å². The molecule has 1 atom stereocenters. The first-order valence-electron chi connectivity index (χ1n) is 8.93. The van der Waals surface area contributed by atoms with E-state index in [-0.39, 0.29) is 5.91 Å². The SMILES string of the molecule is CC[C@@H](Oc1ccc(N(C)S(C)(=O)=O)cc1)C(=O)Nc1ccc(OC)c(OC)c1. The summed E-state index contributed by atoms with van der Waals surface area (Å²) in [5, 5.41) is 2.80. The van der Waals surface area contributed by atoms with Crippen molar-refractivity contribution in [2.24, 2.45) is 0 Å². The van der Waals surface area contributed by atoms with Crippen LogP contribution in [-0.2, 0) is 14.8 Å². The van der Waals surface area contributed by atoms with Crippen LogP contribution in [0.15, 0.2) is 42.5 Å². The number of nitrogens with zero attached hydrogens (tertiary/aromatic N) is 1. The van der Waals surface area contributed by atoms with Crippen LogP contribution in [0, 0.1) is 0 Å². The Kier molecular flexibility index (Phi) is 7.33. The summed E-state index contributed by atoms with van der Waals surface area (Å²) in [4.78, 5) is 12.6. The van der Waals surface area contributed by atoms with Crippen LogP contribution in [-0.4, -0.2) is 48.0 Å². The molecular formula is C20H26N2O6S. The average molecular weight is 423 g/mol. The predicted octanol–water partition coefficient (Wildman–Crippen LogP) is 2.90. The Bertz CT molecular complexity index is 944. The summed E-state index contributed by atoms with van der Waals surface area (Å²) in [6, 6.07) is 11.6. The van der Waals surface area contributed by atoms with Gasteiger partial charge in [0, 0.05) is 18.8 Å². The summed E-state index contributed by atoms with van der Waals surface area (Å²) in [6.07, 6.45) is 0.856. The van der Waals surface area contributed by atoms with E-state index in [1.54, 1.807) is 42.5 Å². The number of carbonyl (C=O) groups is 1. The molecule has 0 aliphatic heterocycles. The van der Waals surface area contributed by atoms with Gasteiger partial charge in [-0.25, -0.2) is 8.42 Å². The van der Waals surface area contributed by atoms with Gasteiger partial charge in [0.1, 0.15) is 5.75 Å². The van der Waals surface area contributed by atoms with Gasteiger partial charge in [-0.2, -0.15) is 0 Å². The van der Waals surface area contributed by atoms with Crippen LogP contribution in [0.25, 0.3) is 0 Å². The smallest absolute Gasteiger partial charge is 0.265 e. The van der Waals surface area contributed by atoms with Gasteiger partial charge in [0.2, 0.25) is 10.0 Å². The summed E-state index contributed by atoms with van der Waals surface area (Å²) in [6.45, 7) is 1.84. The number of amides is 1. The highest BCUT2D eigenvalue weighted by Crippen LogP contribution is 2.30. The minimum atomic E-state index is -3.35. The van der Waals surface area contributed by atoms with Crippen molar-refractivity contribution in [3.63, 3.8) is 0 Å². The van der Waals surface area contributed by atoms with Crippen LogP contribution < -0.4 is 23.8 Å². The largest absolute Gasteiger partial charge is 0.493 e. The van der Waals surface area contributed by atoms with E-state index in [2.05, 4.69) is 5.32 Å². The first-order valence-corrected chi connectivity index (χ1v) is 10.8. The Balaban J connectivity index is 2.08. The number of hydrogen-bond acceptors (Lipinski definition) is 6. The molecule has 2 aromatic rings. The van der Waals surface area contributed by atoms with Gasteiger partial charge in [-0.3, -0.25) is 9.10 Å². The highest BCUT2D eigenvalue weighted by Gasteiger charge is 2.20. The molecule has 0 aliphatic rings. The topological polar surface area (TPSA) is 94.2 Å². The van der Waals surface area contributed by atoms with Crippen molar-refractivity contribution in [1.29, 1.82) is 0 Å². The van der Waals surface area contributed by atoms with Crippen molar-refractivity contribution in [2.75, 3.05) is 37.1 Å². The zero-order valence-electron chi connectivity index (χ0n) is 17.1. The zero-order valence-corrected chi connectivity index (χ0v) is 17.9. The van der Waals surface area contributed by atoms with Crippen LogP contribution in [0.1, 0.15) is 13.3 Å². The minimum Gasteiger partial charge on any atom is -0.493 e. The van der Waals surface area contributed by atoms with Gasteiger partial charge in [0.15, 0.2) is 17.6 Å². The third-order valence-corrected chi connectivity index (χ3v) is 5.50. The average Bonchev–Trinajstić information content (AvgIpc) is 2.70. The Hall–Kier alpha value is -2.94. The first kappa shape index (κ1) is 22.4. The third-order valence-electron chi connectivity index (χ3n) is 4.29. The maximum absolute atomic E-state index is 12.6. The number of ether oxygens (including phenoxy) is 3. The van der Waals surface area contributed by atoms with Crippen LogP contribution in [0.3, 0.4) is 0 Å². The molecule has 2 aromatic carbocycles. The Morgan fingerprint density at radius 3 is 2.21 bits per heavy atom. The number of anilines is 2. The molecule has 29 heavy (non-hydrogen) atoms. The maximum Gasteiger partial charge on any atom is 0.265 e. The van der Waals surface area contributed by atoms with E-state index in [0.29, 0.717) is 35.0 Å². The van der Waals surface area contributed by atoms with Gasteiger partial charge in [-0.15, -0.1) is 0 Å². The maximum atomic E-state index is 12.6. The predicted molar refractivity (Wildman–Crippen MR) is 113 cm³/mol. The number of nitrogens with one attached hydrogen (secondary N) is 1. The second kappa shape index (κ2) is 9.51. The molecule has 8 nitrogen and oxygen atoms in total. The lowest BCUT2D eigenvalue weighted by molar-refractivity contribution is -0.122. The number of benzene rings is 2. The Morgan fingerprint density at radius 2 is 1.69 bits per heavy atom. The standard InChI is InChI=1S/C20H26N2O6S/c1-6-17(20(23)21-14-7-12-18(26-3)19(13-14)27-4)28-16-10-8-15(9-11-16)22(2)29(5,24)25/h7-13,17H,6H2,1-5H3,(H,21,23)/t17-/m1/s1. The molecular weight excluding hydrogens is 396 g/mol. The molecule has 0 saturated heterocycles. The van der Waals surface area contributed by atoms with Gasteiger partial charge in [-0.1, -0.05) is 6.92 Å². The second-order valence-electron chi connectivity index (χ2n) is 6.30. The number of methoxy groups -OCH3 is 2. The van der Waals surface area contributed by atoms with Gasteiger partial charge >= 0.3 is 0 Å². The van der Waals surface area contributed by atoms with E-state index in [9.17, 15) is 13.2 Å². The van der Waals surface area contributed by atoms with Gasteiger partial charge in [0.05, 0.1) is 26.2 Å². The molecule has 1 amide bonds. The van der Waals surface area contributed by atoms with Gasteiger partial charge < -0.3 is 19.5 Å². The number of rotatable bonds is 9. The summed E-state index contributed by atoms with van der Waals surface area (Å²) < 4.78 is 40.6. The summed E-state index contributed by atoms with van der Waals surface area (Å²) >= 11 is 0. The Labute approximate surface area is 171 Å². The summed E-state index contributed by atoms with van der Waals surface area (Å²) in [5.74, 6) is 1.22. The number of hydrogen-bond donors (Lipinski definition) is 1. The van der Waals surface area contributed by atoms with Crippen molar-refractivity contribution in [3.8, 4) is 17.2 Å². The molecule has 0 spiro atoms. The lowest BCUT2D eigenvalue weighted by atomic mass is 10.2. The lowest BCUT2D eigenvalue weighted by Crippen LogP contribution is -2.32. The summed E-state index contributed by atoms with van der Waals surface area (Å²) in [5.41, 5.74) is 1.06. The monoisotopic (exact) mass is 422 g/mol. The van der Waals surface area contributed by atoms with Crippen molar-refractivity contribution in [2.45, 2.75) is 19.4 Å². The molecule has 9 heteroatoms. The quantitative estimate of drug-likeness (QED) is 0.668. The zero-order chi connectivity index (χ0) is 21.6. The van der Waals surface area contributed by atoms with Crippen molar-refractivity contribution in [3.05, 3.63) is 42.5 Å². The van der Waals surface area contributed by atoms with Crippen LogP contribution in [0.2, 0.25) is 0 Å². The highest BCUT2D eigenvalue weighted by molar-refractivity contribution is 7.92. The van der Waals surface area contributed by atoms with Gasteiger partial charge in [0.25, 0.3) is 5.91 Å². The minimum absolute atomic E-state index is 0.308. The molecule has 0 bridgehead atoms. The molecule has 0 heterocycles. The van der Waals surface area contributed by atoms with Crippen LogP contribution in [0.4, 0.5) is 11.4 Å². The molecule has 0 fully saturated rings. The van der Waals surface area contributed by atoms with E-state index in [4.69, 9.17) is 14.2 Å². The molecule has 0 aromatic heterocycles. The molecule has 0 aliphatic carbocycles. The van der Waals surface area contributed by atoms with Crippen molar-refractivity contribution in [1.82, 2.24) is 0 Å². The van der Waals surface area contributed by atoms with E-state index >= 15 is 0 Å². The van der Waals surface area contributed by atoms with Crippen molar-refractivity contribution < 1.29 is 27.4 Å². The number of carbonyl (C=O) groups excluding carboxylic acids is 1. The molecule has 158 valence electrons. The summed E-state index contributed by atoms with van der Waals surface area (Å²) in [7, 11) is 1.18. The molecule has 1 N–H and O–H groups in total. The van der Waals surface area contributed by atoms with Crippen molar-refractivity contribution >= 4 is 27.3 Å². The van der Waals surface area contributed by atoms with E-state index in [1.165, 1.54) is 21.3 Å². The number of sulfonamides is 1. The fourth-order valence-electron chi connectivity index (χ4n) is 2.55. The third kappa shape index (κ3) is 5.77. The molecule has 0 unspecified atom stereocenters. The van der Waals surface area contributed by atoms with Crippen LogP contribution in [0.5, 0.6) is 17.2 Å². The molecule has 0 radical (unpaired) electrons. The normalized spacial score (nSPS) is 12.0. The van der Waals surface area contributed by atoms with E-state index in [0.717, 1.165) is 10.6 Å². The van der Waals surface area contributed by atoms with E-state index in [1.807, 2.05) is 6.92 Å². The highest BCUT2D eigenvalue weighted by atomic mass is 32.2. The van der Waals surface area contributed by atoms with Crippen LogP contribution >= 0.6 is 0 Å².